The molecule has 0 aromatic rings. The molecule has 0 spiro atoms. The van der Waals surface area contributed by atoms with Crippen LogP contribution in [0.25, 0.3) is 0 Å². The van der Waals surface area contributed by atoms with E-state index in [0.29, 0.717) is 12.5 Å². The molecule has 1 aliphatic heterocycles. The Morgan fingerprint density at radius 1 is 1.73 bits per heavy atom. The first-order chi connectivity index (χ1) is 5.24. The van der Waals surface area contributed by atoms with Gasteiger partial charge in [-0.15, -0.1) is 0 Å². The van der Waals surface area contributed by atoms with E-state index in [1.165, 1.54) is 6.42 Å². The highest BCUT2D eigenvalue weighted by Crippen LogP contribution is 2.19. The van der Waals surface area contributed by atoms with Crippen LogP contribution < -0.4 is 0 Å². The number of hydrogen-bond acceptors (Lipinski definition) is 2. The van der Waals surface area contributed by atoms with Gasteiger partial charge >= 0.3 is 0 Å². The van der Waals surface area contributed by atoms with Crippen molar-refractivity contribution >= 4 is 0 Å². The third kappa shape index (κ3) is 2.42. The Kier molecular flexibility index (Phi) is 3.27. The minimum absolute atomic E-state index is 0.329. The second-order valence-corrected chi connectivity index (χ2v) is 3.29. The summed E-state index contributed by atoms with van der Waals surface area (Å²) in [5.74, 6) is 0. The predicted octanol–water partition coefficient (Wildman–Crippen LogP) is 0.801. The highest BCUT2D eigenvalue weighted by Gasteiger charge is 2.23. The van der Waals surface area contributed by atoms with E-state index < -0.39 is 6.17 Å². The molecule has 3 heteroatoms. The summed E-state index contributed by atoms with van der Waals surface area (Å²) in [4.78, 5) is 2.17. The predicted molar refractivity (Wildman–Crippen MR) is 42.3 cm³/mol. The summed E-state index contributed by atoms with van der Waals surface area (Å²) in [6.07, 6.45) is 1.71. The zero-order valence-corrected chi connectivity index (χ0v) is 6.96. The van der Waals surface area contributed by atoms with Gasteiger partial charge in [-0.2, -0.15) is 0 Å². The van der Waals surface area contributed by atoms with Crippen molar-refractivity contribution in [1.29, 1.82) is 0 Å². The summed E-state index contributed by atoms with van der Waals surface area (Å²) in [5, 5.41) is 8.49. The van der Waals surface area contributed by atoms with Crippen LogP contribution in [0.4, 0.5) is 4.39 Å². The highest BCUT2D eigenvalue weighted by atomic mass is 19.1. The van der Waals surface area contributed by atoms with Gasteiger partial charge in [0.1, 0.15) is 6.17 Å². The Hall–Kier alpha value is -0.150. The van der Waals surface area contributed by atoms with Crippen molar-refractivity contribution in [3.05, 3.63) is 0 Å². The van der Waals surface area contributed by atoms with Gasteiger partial charge in [0.25, 0.3) is 0 Å². The minimum atomic E-state index is -1.03. The van der Waals surface area contributed by atoms with Crippen LogP contribution in [0.5, 0.6) is 0 Å². The Bertz CT molecular complexity index is 121. The molecule has 0 amide bonds. The van der Waals surface area contributed by atoms with E-state index >= 15 is 0 Å². The summed E-state index contributed by atoms with van der Waals surface area (Å²) in [6, 6.07) is 0.358. The standard InChI is InChI=1S/C8H16FNO/c1-10-4-2-3-8(10)5-7(9)6-11/h7-8,11H,2-6H2,1H3. The fourth-order valence-electron chi connectivity index (χ4n) is 1.65. The average Bonchev–Trinajstić information content (AvgIpc) is 2.37. The van der Waals surface area contributed by atoms with E-state index in [0.717, 1.165) is 13.0 Å². The van der Waals surface area contributed by atoms with Gasteiger partial charge in [0, 0.05) is 6.04 Å². The molecule has 2 atom stereocenters. The molecule has 1 heterocycles. The van der Waals surface area contributed by atoms with Crippen LogP contribution in [-0.4, -0.2) is 42.4 Å². The maximum Gasteiger partial charge on any atom is 0.125 e. The lowest BCUT2D eigenvalue weighted by atomic mass is 10.1. The third-order valence-corrected chi connectivity index (χ3v) is 2.40. The molecule has 1 saturated heterocycles. The number of hydrogen-bond donors (Lipinski definition) is 1. The molecule has 11 heavy (non-hydrogen) atoms. The monoisotopic (exact) mass is 161 g/mol. The lowest BCUT2D eigenvalue weighted by Gasteiger charge is -2.20. The number of rotatable bonds is 3. The molecule has 66 valence electrons. The third-order valence-electron chi connectivity index (χ3n) is 2.40. The Morgan fingerprint density at radius 2 is 2.45 bits per heavy atom. The number of nitrogens with zero attached hydrogens (tertiary/aromatic N) is 1. The maximum atomic E-state index is 12.7. The van der Waals surface area contributed by atoms with Crippen molar-refractivity contribution in [1.82, 2.24) is 4.90 Å². The lowest BCUT2D eigenvalue weighted by Crippen LogP contribution is -2.28. The van der Waals surface area contributed by atoms with Crippen molar-refractivity contribution in [2.45, 2.75) is 31.5 Å². The largest absolute Gasteiger partial charge is 0.393 e. The molecule has 0 aromatic carbocycles. The van der Waals surface area contributed by atoms with Gasteiger partial charge in [0.05, 0.1) is 6.61 Å². The second kappa shape index (κ2) is 4.02. The SMILES string of the molecule is CN1CCCC1CC(F)CO. The number of likely N-dealkylation sites (tertiary alicyclic amines) is 1. The fourth-order valence-corrected chi connectivity index (χ4v) is 1.65. The topological polar surface area (TPSA) is 23.5 Å². The van der Waals surface area contributed by atoms with Crippen LogP contribution in [0.15, 0.2) is 0 Å². The van der Waals surface area contributed by atoms with Crippen molar-refractivity contribution < 1.29 is 9.50 Å². The molecule has 0 aliphatic carbocycles. The second-order valence-electron chi connectivity index (χ2n) is 3.29. The number of alkyl halides is 1. The summed E-state index contributed by atoms with van der Waals surface area (Å²) >= 11 is 0. The molecular weight excluding hydrogens is 145 g/mol. The Labute approximate surface area is 67.0 Å². The van der Waals surface area contributed by atoms with Crippen LogP contribution in [0.2, 0.25) is 0 Å². The number of halogens is 1. The zero-order valence-electron chi connectivity index (χ0n) is 6.96. The van der Waals surface area contributed by atoms with E-state index in [2.05, 4.69) is 4.90 Å². The quantitative estimate of drug-likeness (QED) is 0.662. The van der Waals surface area contributed by atoms with E-state index in [1.807, 2.05) is 7.05 Å². The zero-order chi connectivity index (χ0) is 8.27. The van der Waals surface area contributed by atoms with Crippen molar-refractivity contribution in [3.8, 4) is 0 Å². The highest BCUT2D eigenvalue weighted by molar-refractivity contribution is 4.78. The molecule has 1 fully saturated rings. The van der Waals surface area contributed by atoms with Crippen molar-refractivity contribution in [2.75, 3.05) is 20.2 Å². The number of aliphatic hydroxyl groups is 1. The van der Waals surface area contributed by atoms with Gasteiger partial charge in [-0.1, -0.05) is 0 Å². The first-order valence-corrected chi connectivity index (χ1v) is 4.19. The lowest BCUT2D eigenvalue weighted by molar-refractivity contribution is 0.141. The molecule has 1 rings (SSSR count). The molecule has 0 bridgehead atoms. The van der Waals surface area contributed by atoms with Crippen LogP contribution in [-0.2, 0) is 0 Å². The molecule has 2 nitrogen and oxygen atoms in total. The first kappa shape index (κ1) is 8.94. The smallest absolute Gasteiger partial charge is 0.125 e. The fraction of sp³-hybridized carbons (Fsp3) is 1.00. The molecule has 0 aromatic heterocycles. The van der Waals surface area contributed by atoms with E-state index in [1.54, 1.807) is 0 Å². The van der Waals surface area contributed by atoms with E-state index in [-0.39, 0.29) is 6.61 Å². The Morgan fingerprint density at radius 3 is 2.91 bits per heavy atom. The van der Waals surface area contributed by atoms with Gasteiger partial charge in [-0.25, -0.2) is 4.39 Å². The van der Waals surface area contributed by atoms with Crippen LogP contribution in [0.1, 0.15) is 19.3 Å². The first-order valence-electron chi connectivity index (χ1n) is 4.19. The van der Waals surface area contributed by atoms with Gasteiger partial charge in [-0.05, 0) is 32.9 Å². The summed E-state index contributed by atoms with van der Waals surface area (Å²) in [6.45, 7) is 0.743. The van der Waals surface area contributed by atoms with Crippen LogP contribution in [0, 0.1) is 0 Å². The summed E-state index contributed by atoms with van der Waals surface area (Å²) in [7, 11) is 2.02. The minimum Gasteiger partial charge on any atom is -0.393 e. The molecule has 0 saturated carbocycles. The molecule has 2 unspecified atom stereocenters. The van der Waals surface area contributed by atoms with Crippen LogP contribution in [0.3, 0.4) is 0 Å². The normalized spacial score (nSPS) is 29.2. The number of aliphatic hydroxyl groups excluding tert-OH is 1. The maximum absolute atomic E-state index is 12.7. The summed E-state index contributed by atoms with van der Waals surface area (Å²) in [5.41, 5.74) is 0. The Balaban J connectivity index is 2.24. The van der Waals surface area contributed by atoms with Gasteiger partial charge in [0.15, 0.2) is 0 Å². The average molecular weight is 161 g/mol. The van der Waals surface area contributed by atoms with Crippen LogP contribution >= 0.6 is 0 Å². The van der Waals surface area contributed by atoms with E-state index in [4.69, 9.17) is 5.11 Å². The van der Waals surface area contributed by atoms with E-state index in [9.17, 15) is 4.39 Å². The summed E-state index contributed by atoms with van der Waals surface area (Å²) < 4.78 is 12.7. The molecule has 1 N–H and O–H groups in total. The van der Waals surface area contributed by atoms with Crippen molar-refractivity contribution in [2.24, 2.45) is 0 Å². The van der Waals surface area contributed by atoms with Gasteiger partial charge < -0.3 is 10.0 Å². The molecule has 0 radical (unpaired) electrons. The molecular formula is C8H16FNO. The van der Waals surface area contributed by atoms with Gasteiger partial charge in [0.2, 0.25) is 0 Å². The molecule has 1 aliphatic rings. The van der Waals surface area contributed by atoms with Crippen molar-refractivity contribution in [3.63, 3.8) is 0 Å². The van der Waals surface area contributed by atoms with Gasteiger partial charge in [-0.3, -0.25) is 0 Å².